The highest BCUT2D eigenvalue weighted by molar-refractivity contribution is 5.42. The molecule has 0 saturated carbocycles. The molecule has 0 saturated heterocycles. The highest BCUT2D eigenvalue weighted by atomic mass is 19.3. The number of hydrogen-bond donors (Lipinski definition) is 0. The summed E-state index contributed by atoms with van der Waals surface area (Å²) < 4.78 is 31.0. The third-order valence-electron chi connectivity index (χ3n) is 3.74. The van der Waals surface area contributed by atoms with E-state index >= 15 is 0 Å². The van der Waals surface area contributed by atoms with Gasteiger partial charge in [0, 0.05) is 5.92 Å². The molecule has 1 aromatic rings. The van der Waals surface area contributed by atoms with Crippen molar-refractivity contribution >= 4 is 0 Å². The number of aryl methyl sites for hydroxylation is 1. The third-order valence-corrected chi connectivity index (χ3v) is 3.74. The Kier molecular flexibility index (Phi) is 2.92. The standard InChI is InChI=1S/C16H16F2O/c1-11-2-4-12(5-3-11)13-6-7-15-14(10-13)8-9-16(17,18)19-15/h2-4,6-7,10,12H,5,8-9H2,1H3. The lowest BCUT2D eigenvalue weighted by atomic mass is 9.88. The van der Waals surface area contributed by atoms with E-state index in [1.807, 2.05) is 12.1 Å². The third kappa shape index (κ3) is 2.55. The van der Waals surface area contributed by atoms with Gasteiger partial charge in [-0.3, -0.25) is 0 Å². The van der Waals surface area contributed by atoms with E-state index < -0.39 is 6.11 Å². The van der Waals surface area contributed by atoms with E-state index in [2.05, 4.69) is 25.2 Å². The van der Waals surface area contributed by atoms with Crippen LogP contribution in [0.2, 0.25) is 0 Å². The summed E-state index contributed by atoms with van der Waals surface area (Å²) in [6, 6.07) is 5.58. The van der Waals surface area contributed by atoms with E-state index in [1.165, 1.54) is 11.1 Å². The maximum atomic E-state index is 13.1. The van der Waals surface area contributed by atoms with Gasteiger partial charge >= 0.3 is 6.11 Å². The van der Waals surface area contributed by atoms with Crippen LogP contribution in [0, 0.1) is 0 Å². The average molecular weight is 262 g/mol. The Labute approximate surface area is 111 Å². The van der Waals surface area contributed by atoms with Gasteiger partial charge in [0.15, 0.2) is 0 Å². The van der Waals surface area contributed by atoms with Crippen molar-refractivity contribution in [1.82, 2.24) is 0 Å². The highest BCUT2D eigenvalue weighted by Gasteiger charge is 2.36. The summed E-state index contributed by atoms with van der Waals surface area (Å²) in [4.78, 5) is 0. The van der Waals surface area contributed by atoms with E-state index in [0.717, 1.165) is 12.0 Å². The molecule has 3 heteroatoms. The summed E-state index contributed by atoms with van der Waals surface area (Å²) in [6.45, 7) is 2.08. The molecule has 19 heavy (non-hydrogen) atoms. The summed E-state index contributed by atoms with van der Waals surface area (Å²) in [6.07, 6.45) is 4.59. The van der Waals surface area contributed by atoms with Crippen LogP contribution in [0.3, 0.4) is 0 Å². The van der Waals surface area contributed by atoms with Crippen LogP contribution in [0.1, 0.15) is 36.8 Å². The Morgan fingerprint density at radius 3 is 2.89 bits per heavy atom. The maximum absolute atomic E-state index is 13.1. The first-order valence-corrected chi connectivity index (χ1v) is 6.58. The van der Waals surface area contributed by atoms with Gasteiger partial charge < -0.3 is 4.74 Å². The predicted molar refractivity (Wildman–Crippen MR) is 70.6 cm³/mol. The van der Waals surface area contributed by atoms with Crippen LogP contribution in [0.25, 0.3) is 0 Å². The van der Waals surface area contributed by atoms with Crippen molar-refractivity contribution in [3.8, 4) is 5.75 Å². The first-order chi connectivity index (χ1) is 9.03. The number of rotatable bonds is 1. The number of hydrogen-bond acceptors (Lipinski definition) is 1. The fourth-order valence-corrected chi connectivity index (χ4v) is 2.59. The van der Waals surface area contributed by atoms with Crippen molar-refractivity contribution in [2.45, 2.75) is 38.2 Å². The molecule has 1 aromatic carbocycles. The lowest BCUT2D eigenvalue weighted by Crippen LogP contribution is -2.29. The monoisotopic (exact) mass is 262 g/mol. The quantitative estimate of drug-likeness (QED) is 0.719. The fourth-order valence-electron chi connectivity index (χ4n) is 2.59. The maximum Gasteiger partial charge on any atom is 0.398 e. The number of ether oxygens (including phenoxy) is 1. The van der Waals surface area contributed by atoms with Crippen LogP contribution < -0.4 is 4.74 Å². The molecule has 0 fully saturated rings. The normalized spacial score (nSPS) is 24.4. The SMILES string of the molecule is CC1=CCC(c2ccc3c(c2)CCC(F)(F)O3)C=C1. The molecule has 0 bridgehead atoms. The molecule has 100 valence electrons. The number of fused-ring (bicyclic) bond motifs is 1. The summed E-state index contributed by atoms with van der Waals surface area (Å²) in [5, 5.41) is 0. The van der Waals surface area contributed by atoms with Crippen LogP contribution in [-0.2, 0) is 6.42 Å². The van der Waals surface area contributed by atoms with E-state index in [9.17, 15) is 8.78 Å². The van der Waals surface area contributed by atoms with E-state index in [1.54, 1.807) is 6.07 Å². The molecule has 1 aliphatic carbocycles. The zero-order valence-electron chi connectivity index (χ0n) is 10.8. The Balaban J connectivity index is 1.85. The minimum atomic E-state index is -3.01. The van der Waals surface area contributed by atoms with Crippen molar-refractivity contribution in [3.05, 3.63) is 53.1 Å². The topological polar surface area (TPSA) is 9.23 Å². The van der Waals surface area contributed by atoms with Crippen LogP contribution in [0.15, 0.2) is 42.0 Å². The molecule has 0 amide bonds. The van der Waals surface area contributed by atoms with Crippen LogP contribution >= 0.6 is 0 Å². The number of halogens is 2. The first-order valence-electron chi connectivity index (χ1n) is 6.58. The van der Waals surface area contributed by atoms with Gasteiger partial charge in [-0.05, 0) is 37.0 Å². The minimum Gasteiger partial charge on any atom is -0.432 e. The van der Waals surface area contributed by atoms with Crippen molar-refractivity contribution in [1.29, 1.82) is 0 Å². The lowest BCUT2D eigenvalue weighted by molar-refractivity contribution is -0.187. The van der Waals surface area contributed by atoms with Crippen molar-refractivity contribution in [2.24, 2.45) is 0 Å². The first kappa shape index (κ1) is 12.4. The Hall–Kier alpha value is -1.64. The molecule has 0 radical (unpaired) electrons. The lowest BCUT2D eigenvalue weighted by Gasteiger charge is -2.26. The second-order valence-corrected chi connectivity index (χ2v) is 5.26. The molecule has 1 aliphatic heterocycles. The summed E-state index contributed by atoms with van der Waals surface area (Å²) in [5.41, 5.74) is 3.34. The zero-order chi connectivity index (χ0) is 13.5. The minimum absolute atomic E-state index is 0.233. The number of alkyl halides is 2. The second-order valence-electron chi connectivity index (χ2n) is 5.26. The van der Waals surface area contributed by atoms with Gasteiger partial charge in [0.05, 0.1) is 6.42 Å². The summed E-state index contributed by atoms with van der Waals surface area (Å²) >= 11 is 0. The molecule has 0 N–H and O–H groups in total. The Bertz CT molecular complexity index is 558. The van der Waals surface area contributed by atoms with Gasteiger partial charge in [-0.1, -0.05) is 35.9 Å². The number of benzene rings is 1. The molecule has 3 rings (SSSR count). The molecule has 2 aliphatic rings. The van der Waals surface area contributed by atoms with E-state index in [0.29, 0.717) is 18.1 Å². The number of allylic oxidation sites excluding steroid dienone is 4. The average Bonchev–Trinajstić information content (AvgIpc) is 2.38. The molecular formula is C16H16F2O. The molecule has 1 unspecified atom stereocenters. The van der Waals surface area contributed by atoms with E-state index in [4.69, 9.17) is 4.74 Å². The Morgan fingerprint density at radius 1 is 1.32 bits per heavy atom. The Morgan fingerprint density at radius 2 is 2.16 bits per heavy atom. The second kappa shape index (κ2) is 4.48. The molecule has 1 atom stereocenters. The van der Waals surface area contributed by atoms with Crippen molar-refractivity contribution in [2.75, 3.05) is 0 Å². The fraction of sp³-hybridized carbons (Fsp3) is 0.375. The highest BCUT2D eigenvalue weighted by Crippen LogP contribution is 2.37. The van der Waals surface area contributed by atoms with Gasteiger partial charge in [0.25, 0.3) is 0 Å². The summed E-state index contributed by atoms with van der Waals surface area (Å²) in [7, 11) is 0. The smallest absolute Gasteiger partial charge is 0.398 e. The predicted octanol–water partition coefficient (Wildman–Crippen LogP) is 4.59. The molecule has 1 heterocycles. The molecular weight excluding hydrogens is 246 g/mol. The van der Waals surface area contributed by atoms with Gasteiger partial charge in [0.2, 0.25) is 0 Å². The van der Waals surface area contributed by atoms with Gasteiger partial charge in [-0.2, -0.15) is 8.78 Å². The van der Waals surface area contributed by atoms with Crippen LogP contribution in [0.4, 0.5) is 8.78 Å². The molecule has 1 nitrogen and oxygen atoms in total. The van der Waals surface area contributed by atoms with Gasteiger partial charge in [-0.25, -0.2) is 0 Å². The van der Waals surface area contributed by atoms with Crippen molar-refractivity contribution in [3.63, 3.8) is 0 Å². The van der Waals surface area contributed by atoms with Crippen molar-refractivity contribution < 1.29 is 13.5 Å². The van der Waals surface area contributed by atoms with Crippen LogP contribution in [-0.4, -0.2) is 6.11 Å². The zero-order valence-corrected chi connectivity index (χ0v) is 10.8. The van der Waals surface area contributed by atoms with Crippen LogP contribution in [0.5, 0.6) is 5.75 Å². The van der Waals surface area contributed by atoms with E-state index in [-0.39, 0.29) is 6.42 Å². The summed E-state index contributed by atoms with van der Waals surface area (Å²) in [5.74, 6) is 0.669. The molecule has 0 spiro atoms. The van der Waals surface area contributed by atoms with Gasteiger partial charge in [0.1, 0.15) is 5.75 Å². The van der Waals surface area contributed by atoms with Gasteiger partial charge in [-0.15, -0.1) is 0 Å². The largest absolute Gasteiger partial charge is 0.432 e. The molecule has 0 aromatic heterocycles.